The number of amides is 1. The minimum absolute atomic E-state index is 0.0594. The van der Waals surface area contributed by atoms with Crippen LogP contribution in [-0.2, 0) is 11.2 Å². The van der Waals surface area contributed by atoms with E-state index in [0.29, 0.717) is 31.3 Å². The summed E-state index contributed by atoms with van der Waals surface area (Å²) in [7, 11) is 1.91. The molecule has 0 spiro atoms. The average Bonchev–Trinajstić information content (AvgIpc) is 2.97. The summed E-state index contributed by atoms with van der Waals surface area (Å²) in [5, 5.41) is 3.78. The topological polar surface area (TPSA) is 62.5 Å². The third kappa shape index (κ3) is 3.43. The van der Waals surface area contributed by atoms with Gasteiger partial charge in [0.2, 0.25) is 11.8 Å². The van der Waals surface area contributed by atoms with Gasteiger partial charge >= 0.3 is 0 Å². The van der Waals surface area contributed by atoms with E-state index in [-0.39, 0.29) is 23.9 Å². The quantitative estimate of drug-likeness (QED) is 0.854. The van der Waals surface area contributed by atoms with Gasteiger partial charge in [0.05, 0.1) is 6.42 Å². The van der Waals surface area contributed by atoms with Gasteiger partial charge < -0.3 is 9.42 Å². The number of aryl methyl sites for hydroxylation is 1. The Balaban J connectivity index is 1.72. The summed E-state index contributed by atoms with van der Waals surface area (Å²) < 4.78 is 32.2. The van der Waals surface area contributed by atoms with Gasteiger partial charge in [-0.2, -0.15) is 4.98 Å². The Labute approximate surface area is 138 Å². The van der Waals surface area contributed by atoms with Crippen molar-refractivity contribution >= 4 is 5.91 Å². The van der Waals surface area contributed by atoms with E-state index >= 15 is 0 Å². The minimum atomic E-state index is -0.581. The number of hydrogen-bond acceptors (Lipinski definition) is 5. The third-order valence-electron chi connectivity index (χ3n) is 4.18. The first kappa shape index (κ1) is 16.5. The molecule has 0 bridgehead atoms. The molecular formula is C16H18F2N4O2. The zero-order valence-electron chi connectivity index (χ0n) is 13.5. The number of halogens is 2. The number of hydrogen-bond donors (Lipinski definition) is 0. The lowest BCUT2D eigenvalue weighted by Crippen LogP contribution is -2.49. The number of carbonyl (C=O) groups excluding carboxylic acids is 1. The van der Waals surface area contributed by atoms with Crippen LogP contribution in [0.25, 0.3) is 0 Å². The monoisotopic (exact) mass is 336 g/mol. The number of rotatable bonds is 3. The summed E-state index contributed by atoms with van der Waals surface area (Å²) >= 11 is 0. The Kier molecular flexibility index (Phi) is 4.57. The number of nitrogens with zero attached hydrogens (tertiary/aromatic N) is 4. The van der Waals surface area contributed by atoms with Crippen molar-refractivity contribution in [2.45, 2.75) is 19.4 Å². The molecule has 1 fully saturated rings. The molecule has 2 aromatic rings. The molecule has 24 heavy (non-hydrogen) atoms. The number of likely N-dealkylation sites (N-methyl/N-ethyl adjacent to an activating group) is 1. The van der Waals surface area contributed by atoms with Gasteiger partial charge in [-0.05, 0) is 32.2 Å². The molecule has 6 nitrogen and oxygen atoms in total. The molecule has 1 aromatic heterocycles. The molecule has 1 aliphatic heterocycles. The first-order chi connectivity index (χ1) is 11.4. The van der Waals surface area contributed by atoms with Crippen LogP contribution in [-0.4, -0.2) is 52.5 Å². The molecule has 128 valence electrons. The summed E-state index contributed by atoms with van der Waals surface area (Å²) in [6.07, 6.45) is -0.178. The molecule has 1 saturated heterocycles. The van der Waals surface area contributed by atoms with E-state index in [4.69, 9.17) is 4.52 Å². The second-order valence-corrected chi connectivity index (χ2v) is 5.93. The predicted octanol–water partition coefficient (Wildman–Crippen LogP) is 1.71. The van der Waals surface area contributed by atoms with Crippen molar-refractivity contribution in [1.29, 1.82) is 0 Å². The Bertz CT molecular complexity index is 749. The zero-order chi connectivity index (χ0) is 17.3. The van der Waals surface area contributed by atoms with Crippen LogP contribution in [0.5, 0.6) is 0 Å². The first-order valence-electron chi connectivity index (χ1n) is 7.66. The third-order valence-corrected chi connectivity index (χ3v) is 4.18. The van der Waals surface area contributed by atoms with Crippen molar-refractivity contribution in [3.05, 3.63) is 47.1 Å². The lowest BCUT2D eigenvalue weighted by molar-refractivity contribution is -0.133. The maximum Gasteiger partial charge on any atom is 0.245 e. The van der Waals surface area contributed by atoms with Gasteiger partial charge in [-0.25, -0.2) is 8.78 Å². The maximum atomic E-state index is 13.7. The highest BCUT2D eigenvalue weighted by atomic mass is 19.1. The van der Waals surface area contributed by atoms with Crippen LogP contribution in [0.15, 0.2) is 22.7 Å². The molecule has 1 aliphatic rings. The molecule has 8 heteroatoms. The summed E-state index contributed by atoms with van der Waals surface area (Å²) in [5.74, 6) is -0.415. The number of aromatic nitrogens is 2. The number of piperazine rings is 1. The molecule has 0 radical (unpaired) electrons. The molecule has 1 atom stereocenters. The van der Waals surface area contributed by atoms with E-state index in [1.807, 2.05) is 11.9 Å². The van der Waals surface area contributed by atoms with E-state index in [2.05, 4.69) is 10.1 Å². The van der Waals surface area contributed by atoms with Crippen LogP contribution in [0, 0.1) is 18.6 Å². The van der Waals surface area contributed by atoms with Gasteiger partial charge in [-0.15, -0.1) is 0 Å². The lowest BCUT2D eigenvalue weighted by atomic mass is 10.1. The van der Waals surface area contributed by atoms with Crippen molar-refractivity contribution in [2.24, 2.45) is 0 Å². The second kappa shape index (κ2) is 6.64. The fourth-order valence-corrected chi connectivity index (χ4v) is 2.77. The van der Waals surface area contributed by atoms with Gasteiger partial charge in [0.1, 0.15) is 17.7 Å². The van der Waals surface area contributed by atoms with Crippen LogP contribution in [0.1, 0.15) is 23.3 Å². The van der Waals surface area contributed by atoms with Crippen LogP contribution < -0.4 is 0 Å². The average molecular weight is 336 g/mol. The molecule has 3 rings (SSSR count). The Morgan fingerprint density at radius 1 is 1.38 bits per heavy atom. The highest BCUT2D eigenvalue weighted by Crippen LogP contribution is 2.23. The van der Waals surface area contributed by atoms with Crippen LogP contribution >= 0.6 is 0 Å². The smallest absolute Gasteiger partial charge is 0.245 e. The summed E-state index contributed by atoms with van der Waals surface area (Å²) in [5.41, 5.74) is 0.0594. The van der Waals surface area contributed by atoms with Crippen molar-refractivity contribution in [3.8, 4) is 0 Å². The Morgan fingerprint density at radius 3 is 2.88 bits per heavy atom. The summed E-state index contributed by atoms with van der Waals surface area (Å²) in [6, 6.07) is 2.92. The molecule has 0 N–H and O–H groups in total. The van der Waals surface area contributed by atoms with Crippen LogP contribution in [0.3, 0.4) is 0 Å². The fourth-order valence-electron chi connectivity index (χ4n) is 2.77. The zero-order valence-corrected chi connectivity index (χ0v) is 13.5. The van der Waals surface area contributed by atoms with Gasteiger partial charge in [0.15, 0.2) is 5.82 Å². The molecule has 0 saturated carbocycles. The van der Waals surface area contributed by atoms with Gasteiger partial charge in [-0.3, -0.25) is 9.69 Å². The number of benzene rings is 1. The van der Waals surface area contributed by atoms with Crippen molar-refractivity contribution in [1.82, 2.24) is 19.9 Å². The fraction of sp³-hybridized carbons (Fsp3) is 0.438. The van der Waals surface area contributed by atoms with E-state index in [9.17, 15) is 13.6 Å². The largest absolute Gasteiger partial charge is 0.339 e. The summed E-state index contributed by atoms with van der Waals surface area (Å²) in [4.78, 5) is 20.3. The van der Waals surface area contributed by atoms with E-state index in [1.54, 1.807) is 11.8 Å². The molecule has 2 heterocycles. The van der Waals surface area contributed by atoms with Crippen molar-refractivity contribution in [3.63, 3.8) is 0 Å². The van der Waals surface area contributed by atoms with E-state index < -0.39 is 11.6 Å². The van der Waals surface area contributed by atoms with Gasteiger partial charge in [0.25, 0.3) is 0 Å². The SMILES string of the molecule is Cc1noc([C@H]2CN(C(=O)Cc3cc(F)ccc3F)CCN2C)n1. The Morgan fingerprint density at radius 2 is 2.17 bits per heavy atom. The Hall–Kier alpha value is -2.35. The molecular weight excluding hydrogens is 318 g/mol. The van der Waals surface area contributed by atoms with Gasteiger partial charge in [-0.1, -0.05) is 5.16 Å². The summed E-state index contributed by atoms with van der Waals surface area (Å²) in [6.45, 7) is 3.23. The van der Waals surface area contributed by atoms with Crippen molar-refractivity contribution < 1.29 is 18.1 Å². The second-order valence-electron chi connectivity index (χ2n) is 5.93. The maximum absolute atomic E-state index is 13.7. The van der Waals surface area contributed by atoms with E-state index in [1.165, 1.54) is 0 Å². The normalized spacial score (nSPS) is 18.8. The van der Waals surface area contributed by atoms with Gasteiger partial charge in [0, 0.05) is 25.2 Å². The predicted molar refractivity (Wildman–Crippen MR) is 81.0 cm³/mol. The van der Waals surface area contributed by atoms with Crippen LogP contribution in [0.4, 0.5) is 8.78 Å². The minimum Gasteiger partial charge on any atom is -0.339 e. The van der Waals surface area contributed by atoms with Crippen LogP contribution in [0.2, 0.25) is 0 Å². The molecule has 1 amide bonds. The molecule has 1 aromatic carbocycles. The highest BCUT2D eigenvalue weighted by molar-refractivity contribution is 5.79. The lowest BCUT2D eigenvalue weighted by Gasteiger charge is -2.37. The highest BCUT2D eigenvalue weighted by Gasteiger charge is 2.32. The van der Waals surface area contributed by atoms with E-state index in [0.717, 1.165) is 18.2 Å². The number of carbonyl (C=O) groups is 1. The standard InChI is InChI=1S/C16H18F2N4O2/c1-10-19-16(24-20-10)14-9-22(6-5-21(14)2)15(23)8-11-7-12(17)3-4-13(11)18/h3-4,7,14H,5-6,8-9H2,1-2H3/t14-/m1/s1. The molecule has 0 aliphatic carbocycles. The van der Waals surface area contributed by atoms with Crippen molar-refractivity contribution in [2.75, 3.05) is 26.7 Å². The first-order valence-corrected chi connectivity index (χ1v) is 7.66. The molecule has 0 unspecified atom stereocenters.